The molecular weight excluding hydrogens is 436 g/mol. The lowest BCUT2D eigenvalue weighted by atomic mass is 10.1. The standard InChI is InChI=1S/C22H22N2O7S/c1-13-6-9-19(15(3)21(13)31-12-20(25)26)32(29,30)23-16-7-8-17(14(2)11-16)24-10-4-5-18(24)22(27)28/h4-11,23H,12H2,1-3H3,(H,25,26)(H,27,28). The van der Waals surface area contributed by atoms with Gasteiger partial charge in [-0.15, -0.1) is 0 Å². The zero-order valence-electron chi connectivity index (χ0n) is 17.6. The molecule has 0 bridgehead atoms. The lowest BCUT2D eigenvalue weighted by Crippen LogP contribution is -2.16. The van der Waals surface area contributed by atoms with Crippen LogP contribution in [-0.4, -0.2) is 41.7 Å². The number of carboxylic acid groups (broad SMARTS) is 2. The fourth-order valence-electron chi connectivity index (χ4n) is 3.42. The third kappa shape index (κ3) is 4.59. The molecule has 3 N–H and O–H groups in total. The van der Waals surface area contributed by atoms with Crippen molar-refractivity contribution in [2.75, 3.05) is 11.3 Å². The summed E-state index contributed by atoms with van der Waals surface area (Å²) in [4.78, 5) is 22.2. The number of aromatic carboxylic acids is 1. The average molecular weight is 458 g/mol. The highest BCUT2D eigenvalue weighted by Gasteiger charge is 2.22. The Labute approximate surface area is 184 Å². The first kappa shape index (κ1) is 22.9. The van der Waals surface area contributed by atoms with Crippen molar-refractivity contribution >= 4 is 27.6 Å². The van der Waals surface area contributed by atoms with Gasteiger partial charge in [0.05, 0.1) is 4.90 Å². The molecule has 0 fully saturated rings. The molecule has 3 rings (SSSR count). The number of sulfonamides is 1. The Kier molecular flexibility index (Phi) is 6.26. The van der Waals surface area contributed by atoms with Crippen molar-refractivity contribution in [1.82, 2.24) is 4.57 Å². The van der Waals surface area contributed by atoms with Crippen LogP contribution in [0.25, 0.3) is 5.69 Å². The molecule has 0 amide bonds. The Morgan fingerprint density at radius 2 is 1.75 bits per heavy atom. The molecule has 3 aromatic rings. The SMILES string of the molecule is Cc1cc(NS(=O)(=O)c2ccc(C)c(OCC(=O)O)c2C)ccc1-n1cccc1C(=O)O. The minimum Gasteiger partial charge on any atom is -0.481 e. The fourth-order valence-corrected chi connectivity index (χ4v) is 4.71. The molecule has 0 unspecified atom stereocenters. The number of aryl methyl sites for hydroxylation is 2. The maximum Gasteiger partial charge on any atom is 0.352 e. The van der Waals surface area contributed by atoms with Gasteiger partial charge in [0.1, 0.15) is 11.4 Å². The van der Waals surface area contributed by atoms with E-state index < -0.39 is 28.6 Å². The quantitative estimate of drug-likeness (QED) is 0.471. The first-order valence-corrected chi connectivity index (χ1v) is 11.0. The minimum absolute atomic E-state index is 0.0382. The highest BCUT2D eigenvalue weighted by atomic mass is 32.2. The molecule has 0 saturated carbocycles. The topological polar surface area (TPSA) is 135 Å². The van der Waals surface area contributed by atoms with E-state index in [4.69, 9.17) is 9.84 Å². The lowest BCUT2D eigenvalue weighted by Gasteiger charge is -2.16. The normalized spacial score (nSPS) is 11.2. The van der Waals surface area contributed by atoms with Crippen molar-refractivity contribution in [3.05, 3.63) is 71.0 Å². The van der Waals surface area contributed by atoms with Crippen LogP contribution in [0.3, 0.4) is 0 Å². The molecule has 0 radical (unpaired) electrons. The van der Waals surface area contributed by atoms with Crippen molar-refractivity contribution in [3.8, 4) is 11.4 Å². The fraction of sp³-hybridized carbons (Fsp3) is 0.182. The molecular formula is C22H22N2O7S. The molecule has 0 aliphatic carbocycles. The second-order valence-electron chi connectivity index (χ2n) is 7.19. The number of benzene rings is 2. The van der Waals surface area contributed by atoms with E-state index in [-0.39, 0.29) is 16.3 Å². The number of hydrogen-bond donors (Lipinski definition) is 3. The summed E-state index contributed by atoms with van der Waals surface area (Å²) in [6.45, 7) is 4.40. The van der Waals surface area contributed by atoms with E-state index in [1.165, 1.54) is 22.8 Å². The van der Waals surface area contributed by atoms with Gasteiger partial charge >= 0.3 is 11.9 Å². The molecule has 2 aromatic carbocycles. The van der Waals surface area contributed by atoms with Gasteiger partial charge < -0.3 is 19.5 Å². The van der Waals surface area contributed by atoms with Crippen molar-refractivity contribution in [2.45, 2.75) is 25.7 Å². The number of anilines is 1. The summed E-state index contributed by atoms with van der Waals surface area (Å²) < 4.78 is 35.4. The Morgan fingerprint density at radius 1 is 1.03 bits per heavy atom. The number of aromatic nitrogens is 1. The van der Waals surface area contributed by atoms with Gasteiger partial charge in [-0.2, -0.15) is 0 Å². The predicted molar refractivity (Wildman–Crippen MR) is 117 cm³/mol. The molecule has 0 spiro atoms. The molecule has 9 nitrogen and oxygen atoms in total. The first-order valence-electron chi connectivity index (χ1n) is 9.50. The first-order chi connectivity index (χ1) is 15.0. The summed E-state index contributed by atoms with van der Waals surface area (Å²) >= 11 is 0. The van der Waals surface area contributed by atoms with Crippen LogP contribution >= 0.6 is 0 Å². The minimum atomic E-state index is -4.01. The second-order valence-corrected chi connectivity index (χ2v) is 8.84. The third-order valence-electron chi connectivity index (χ3n) is 4.86. The summed E-state index contributed by atoms with van der Waals surface area (Å²) in [5, 5.41) is 18.2. The molecule has 0 atom stereocenters. The van der Waals surface area contributed by atoms with Gasteiger partial charge in [0.2, 0.25) is 0 Å². The van der Waals surface area contributed by atoms with Gasteiger partial charge in [-0.25, -0.2) is 18.0 Å². The van der Waals surface area contributed by atoms with Gasteiger partial charge in [0.25, 0.3) is 10.0 Å². The number of hydrogen-bond acceptors (Lipinski definition) is 5. The predicted octanol–water partition coefficient (Wildman–Crippen LogP) is 3.36. The van der Waals surface area contributed by atoms with Crippen molar-refractivity contribution in [3.63, 3.8) is 0 Å². The third-order valence-corrected chi connectivity index (χ3v) is 6.38. The molecule has 0 aliphatic heterocycles. The van der Waals surface area contributed by atoms with Gasteiger partial charge in [0, 0.05) is 23.1 Å². The number of nitrogens with zero attached hydrogens (tertiary/aromatic N) is 1. The van der Waals surface area contributed by atoms with Gasteiger partial charge in [0.15, 0.2) is 6.61 Å². The second kappa shape index (κ2) is 8.75. The summed E-state index contributed by atoms with van der Waals surface area (Å²) in [6, 6.07) is 10.8. The van der Waals surface area contributed by atoms with Crippen molar-refractivity contribution in [2.24, 2.45) is 0 Å². The molecule has 1 aromatic heterocycles. The van der Waals surface area contributed by atoms with Gasteiger partial charge in [-0.3, -0.25) is 4.72 Å². The Hall–Kier alpha value is -3.79. The Morgan fingerprint density at radius 3 is 2.38 bits per heavy atom. The number of carbonyl (C=O) groups is 2. The molecule has 168 valence electrons. The monoisotopic (exact) mass is 458 g/mol. The molecule has 1 heterocycles. The van der Waals surface area contributed by atoms with Crippen LogP contribution < -0.4 is 9.46 Å². The van der Waals surface area contributed by atoms with Crippen molar-refractivity contribution < 1.29 is 33.0 Å². The van der Waals surface area contributed by atoms with Crippen LogP contribution in [0.4, 0.5) is 5.69 Å². The largest absolute Gasteiger partial charge is 0.481 e. The maximum atomic E-state index is 13.0. The summed E-state index contributed by atoms with van der Waals surface area (Å²) in [5.74, 6) is -2.04. The van der Waals surface area contributed by atoms with E-state index in [1.54, 1.807) is 51.2 Å². The van der Waals surface area contributed by atoms with E-state index >= 15 is 0 Å². The number of rotatable bonds is 8. The molecule has 10 heteroatoms. The zero-order chi connectivity index (χ0) is 23.6. The van der Waals surface area contributed by atoms with Crippen LogP contribution in [0.15, 0.2) is 53.6 Å². The Bertz CT molecular complexity index is 1310. The molecule has 32 heavy (non-hydrogen) atoms. The highest BCUT2D eigenvalue weighted by Crippen LogP contribution is 2.31. The number of carboxylic acids is 2. The van der Waals surface area contributed by atoms with Crippen LogP contribution in [0.2, 0.25) is 0 Å². The van der Waals surface area contributed by atoms with Crippen LogP contribution in [0.1, 0.15) is 27.2 Å². The van der Waals surface area contributed by atoms with Crippen LogP contribution in [-0.2, 0) is 14.8 Å². The number of ether oxygens (including phenoxy) is 1. The average Bonchev–Trinajstić information content (AvgIpc) is 3.17. The summed E-state index contributed by atoms with van der Waals surface area (Å²) in [5.41, 5.74) is 2.56. The Balaban J connectivity index is 1.93. The molecule has 0 saturated heterocycles. The zero-order valence-corrected chi connectivity index (χ0v) is 18.4. The number of aliphatic carboxylic acids is 1. The lowest BCUT2D eigenvalue weighted by molar-refractivity contribution is -0.139. The highest BCUT2D eigenvalue weighted by molar-refractivity contribution is 7.92. The van der Waals surface area contributed by atoms with Crippen molar-refractivity contribution in [1.29, 1.82) is 0 Å². The van der Waals surface area contributed by atoms with Crippen LogP contribution in [0, 0.1) is 20.8 Å². The van der Waals surface area contributed by atoms with Gasteiger partial charge in [-0.05, 0) is 68.3 Å². The maximum absolute atomic E-state index is 13.0. The van der Waals surface area contributed by atoms with E-state index in [2.05, 4.69) is 4.72 Å². The van der Waals surface area contributed by atoms with E-state index in [0.717, 1.165) is 0 Å². The van der Waals surface area contributed by atoms with Crippen LogP contribution in [0.5, 0.6) is 5.75 Å². The van der Waals surface area contributed by atoms with E-state index in [9.17, 15) is 23.1 Å². The number of nitrogens with one attached hydrogen (secondary N) is 1. The van der Waals surface area contributed by atoms with Gasteiger partial charge in [-0.1, -0.05) is 6.07 Å². The summed E-state index contributed by atoms with van der Waals surface area (Å²) in [6.07, 6.45) is 1.62. The summed E-state index contributed by atoms with van der Waals surface area (Å²) in [7, 11) is -4.01. The van der Waals surface area contributed by atoms with E-state index in [0.29, 0.717) is 28.1 Å². The smallest absolute Gasteiger partial charge is 0.352 e. The molecule has 0 aliphatic rings. The van der Waals surface area contributed by atoms with E-state index in [1.807, 2.05) is 0 Å².